The summed E-state index contributed by atoms with van der Waals surface area (Å²) in [6, 6.07) is 2.23. The summed E-state index contributed by atoms with van der Waals surface area (Å²) >= 11 is 5.56. The zero-order valence-electron chi connectivity index (χ0n) is 11.0. The van der Waals surface area contributed by atoms with Crippen LogP contribution >= 0.6 is 27.3 Å². The Morgan fingerprint density at radius 2 is 1.94 bits per heavy atom. The Bertz CT molecular complexity index is 309. The minimum absolute atomic E-state index is 1.17. The van der Waals surface area contributed by atoms with Gasteiger partial charge in [0.1, 0.15) is 0 Å². The van der Waals surface area contributed by atoms with E-state index in [1.165, 1.54) is 65.8 Å². The van der Waals surface area contributed by atoms with Crippen molar-refractivity contribution in [2.45, 2.75) is 52.4 Å². The third-order valence-electron chi connectivity index (χ3n) is 2.81. The lowest BCUT2D eigenvalue weighted by molar-refractivity contribution is 0.585. The molecule has 0 spiro atoms. The molecule has 1 nitrogen and oxygen atoms in total. The van der Waals surface area contributed by atoms with Crippen LogP contribution in [0, 0.1) is 6.92 Å². The Kier molecular flexibility index (Phi) is 8.15. The van der Waals surface area contributed by atoms with E-state index in [2.05, 4.69) is 41.2 Å². The van der Waals surface area contributed by atoms with E-state index < -0.39 is 0 Å². The molecule has 1 N–H and O–H groups in total. The fraction of sp³-hybridized carbons (Fsp3) is 0.714. The van der Waals surface area contributed by atoms with Crippen molar-refractivity contribution in [3.8, 4) is 0 Å². The number of hydrogen-bond acceptors (Lipinski definition) is 2. The van der Waals surface area contributed by atoms with Crippen LogP contribution in [0.4, 0.5) is 0 Å². The SMILES string of the molecule is CCCNCCCCCCc1sc(C)cc1Br. The lowest BCUT2D eigenvalue weighted by Crippen LogP contribution is -2.15. The second kappa shape index (κ2) is 9.12. The summed E-state index contributed by atoms with van der Waals surface area (Å²) in [5, 5.41) is 3.45. The van der Waals surface area contributed by atoms with Crippen molar-refractivity contribution in [3.05, 3.63) is 20.3 Å². The van der Waals surface area contributed by atoms with Crippen LogP contribution in [-0.4, -0.2) is 13.1 Å². The Hall–Kier alpha value is 0.140. The number of nitrogens with one attached hydrogen (secondary N) is 1. The summed E-state index contributed by atoms with van der Waals surface area (Å²) in [4.78, 5) is 2.93. The summed E-state index contributed by atoms with van der Waals surface area (Å²) < 4.78 is 1.31. The maximum atomic E-state index is 3.63. The number of rotatable bonds is 9. The zero-order valence-corrected chi connectivity index (χ0v) is 13.4. The number of aryl methyl sites for hydroxylation is 2. The third kappa shape index (κ3) is 6.58. The van der Waals surface area contributed by atoms with Crippen molar-refractivity contribution < 1.29 is 0 Å². The quantitative estimate of drug-likeness (QED) is 0.637. The normalized spacial score (nSPS) is 11.0. The predicted molar refractivity (Wildman–Crippen MR) is 82.1 cm³/mol. The minimum Gasteiger partial charge on any atom is -0.317 e. The van der Waals surface area contributed by atoms with Crippen LogP contribution in [0.25, 0.3) is 0 Å². The molecule has 0 aromatic carbocycles. The first-order valence-corrected chi connectivity index (χ1v) is 8.30. The van der Waals surface area contributed by atoms with Gasteiger partial charge in [0.2, 0.25) is 0 Å². The molecule has 17 heavy (non-hydrogen) atoms. The predicted octanol–water partition coefficient (Wildman–Crippen LogP) is 4.92. The summed E-state index contributed by atoms with van der Waals surface area (Å²) in [5.41, 5.74) is 0. The number of hydrogen-bond donors (Lipinski definition) is 1. The van der Waals surface area contributed by atoms with Crippen molar-refractivity contribution in [1.29, 1.82) is 0 Å². The highest BCUT2D eigenvalue weighted by molar-refractivity contribution is 9.10. The molecule has 0 atom stereocenters. The highest BCUT2D eigenvalue weighted by atomic mass is 79.9. The van der Waals surface area contributed by atoms with Crippen LogP contribution in [0.15, 0.2) is 10.5 Å². The molecule has 0 fully saturated rings. The van der Waals surface area contributed by atoms with Gasteiger partial charge >= 0.3 is 0 Å². The van der Waals surface area contributed by atoms with Crippen molar-refractivity contribution in [2.75, 3.05) is 13.1 Å². The van der Waals surface area contributed by atoms with Crippen LogP contribution in [0.1, 0.15) is 48.8 Å². The van der Waals surface area contributed by atoms with E-state index in [1.807, 2.05) is 11.3 Å². The van der Waals surface area contributed by atoms with Crippen molar-refractivity contribution in [1.82, 2.24) is 5.32 Å². The molecule has 1 heterocycles. The van der Waals surface area contributed by atoms with Crippen LogP contribution in [-0.2, 0) is 6.42 Å². The molecule has 0 aliphatic heterocycles. The Morgan fingerprint density at radius 1 is 1.18 bits per heavy atom. The average Bonchev–Trinajstić information content (AvgIpc) is 2.61. The molecule has 3 heteroatoms. The van der Waals surface area contributed by atoms with Crippen LogP contribution in [0.5, 0.6) is 0 Å². The van der Waals surface area contributed by atoms with Gasteiger partial charge in [-0.15, -0.1) is 11.3 Å². The maximum Gasteiger partial charge on any atom is 0.0317 e. The molecular weight excluding hydrogens is 294 g/mol. The molecule has 1 aromatic rings. The van der Waals surface area contributed by atoms with Crippen molar-refractivity contribution >= 4 is 27.3 Å². The third-order valence-corrected chi connectivity index (χ3v) is 4.89. The molecule has 0 aliphatic carbocycles. The van der Waals surface area contributed by atoms with Gasteiger partial charge in [0.25, 0.3) is 0 Å². The van der Waals surface area contributed by atoms with Crippen molar-refractivity contribution in [2.24, 2.45) is 0 Å². The monoisotopic (exact) mass is 317 g/mol. The molecule has 0 amide bonds. The first-order valence-electron chi connectivity index (χ1n) is 6.69. The van der Waals surface area contributed by atoms with Gasteiger partial charge in [-0.3, -0.25) is 0 Å². The number of unbranched alkanes of at least 4 members (excludes halogenated alkanes) is 3. The second-order valence-electron chi connectivity index (χ2n) is 4.54. The van der Waals surface area contributed by atoms with Gasteiger partial charge in [0, 0.05) is 14.2 Å². The molecule has 0 bridgehead atoms. The van der Waals surface area contributed by atoms with E-state index in [1.54, 1.807) is 0 Å². The van der Waals surface area contributed by atoms with Crippen LogP contribution in [0.3, 0.4) is 0 Å². The molecule has 0 aliphatic rings. The highest BCUT2D eigenvalue weighted by Gasteiger charge is 2.03. The van der Waals surface area contributed by atoms with E-state index in [9.17, 15) is 0 Å². The lowest BCUT2D eigenvalue weighted by Gasteiger charge is -2.03. The van der Waals surface area contributed by atoms with Gasteiger partial charge in [0.05, 0.1) is 0 Å². The smallest absolute Gasteiger partial charge is 0.0317 e. The van der Waals surface area contributed by atoms with E-state index in [-0.39, 0.29) is 0 Å². The largest absolute Gasteiger partial charge is 0.317 e. The van der Waals surface area contributed by atoms with E-state index in [0.29, 0.717) is 0 Å². The topological polar surface area (TPSA) is 12.0 Å². The van der Waals surface area contributed by atoms with Gasteiger partial charge in [-0.2, -0.15) is 0 Å². The van der Waals surface area contributed by atoms with Crippen LogP contribution < -0.4 is 5.32 Å². The molecule has 1 aromatic heterocycles. The Morgan fingerprint density at radius 3 is 2.59 bits per heavy atom. The van der Waals surface area contributed by atoms with Crippen molar-refractivity contribution in [3.63, 3.8) is 0 Å². The van der Waals surface area contributed by atoms with Gasteiger partial charge in [-0.1, -0.05) is 19.8 Å². The lowest BCUT2D eigenvalue weighted by atomic mass is 10.1. The van der Waals surface area contributed by atoms with Crippen LogP contribution in [0.2, 0.25) is 0 Å². The maximum absolute atomic E-state index is 3.63. The van der Waals surface area contributed by atoms with E-state index in [4.69, 9.17) is 0 Å². The van der Waals surface area contributed by atoms with Gasteiger partial charge in [0.15, 0.2) is 0 Å². The standard InChI is InChI=1S/C14H24BrNS/c1-3-9-16-10-7-5-4-6-8-14-13(15)11-12(2)17-14/h11,16H,3-10H2,1-2H3. The molecule has 0 saturated heterocycles. The van der Waals surface area contributed by atoms with E-state index >= 15 is 0 Å². The zero-order chi connectivity index (χ0) is 12.5. The molecule has 0 unspecified atom stereocenters. The van der Waals surface area contributed by atoms with E-state index in [0.717, 1.165) is 0 Å². The summed E-state index contributed by atoms with van der Waals surface area (Å²) in [6.45, 7) is 6.75. The molecule has 1 rings (SSSR count). The summed E-state index contributed by atoms with van der Waals surface area (Å²) in [6.07, 6.45) is 7.85. The molecular formula is C14H24BrNS. The Labute approximate surface area is 118 Å². The first kappa shape index (κ1) is 15.2. The summed E-state index contributed by atoms with van der Waals surface area (Å²) in [5.74, 6) is 0. The minimum atomic E-state index is 1.17. The van der Waals surface area contributed by atoms with Gasteiger partial charge in [-0.25, -0.2) is 0 Å². The van der Waals surface area contributed by atoms with Gasteiger partial charge < -0.3 is 5.32 Å². The second-order valence-corrected chi connectivity index (χ2v) is 6.74. The molecule has 0 saturated carbocycles. The fourth-order valence-corrected chi connectivity index (χ4v) is 3.80. The fourth-order valence-electron chi connectivity index (χ4n) is 1.89. The average molecular weight is 318 g/mol. The Balaban J connectivity index is 1.99. The molecule has 98 valence electrons. The first-order chi connectivity index (χ1) is 8.24. The number of halogens is 1. The number of thiophene rings is 1. The summed E-state index contributed by atoms with van der Waals surface area (Å²) in [7, 11) is 0. The highest BCUT2D eigenvalue weighted by Crippen LogP contribution is 2.28. The van der Waals surface area contributed by atoms with Gasteiger partial charge in [-0.05, 0) is 67.7 Å². The molecule has 0 radical (unpaired) electrons.